The SMILES string of the molecule is C[S+]([O-])c1cc(OC(F)(F)F)cc(C(=O)O)c1. The van der Waals surface area contributed by atoms with Crippen LogP contribution in [0.5, 0.6) is 5.75 Å². The summed E-state index contributed by atoms with van der Waals surface area (Å²) in [7, 11) is 0. The number of carboxylic acids is 1. The molecule has 0 saturated heterocycles. The van der Waals surface area contributed by atoms with Gasteiger partial charge in [-0.15, -0.1) is 13.2 Å². The number of hydrogen-bond donors (Lipinski definition) is 1. The molecule has 17 heavy (non-hydrogen) atoms. The minimum Gasteiger partial charge on any atom is -0.612 e. The first-order valence-electron chi connectivity index (χ1n) is 4.16. The third-order valence-electron chi connectivity index (χ3n) is 1.69. The van der Waals surface area contributed by atoms with Gasteiger partial charge in [0.1, 0.15) is 12.0 Å². The number of halogens is 3. The number of hydrogen-bond acceptors (Lipinski definition) is 3. The predicted octanol–water partition coefficient (Wildman–Crippen LogP) is 2.02. The van der Waals surface area contributed by atoms with Crippen LogP contribution in [0.4, 0.5) is 13.2 Å². The zero-order valence-corrected chi connectivity index (χ0v) is 9.26. The second-order valence-electron chi connectivity index (χ2n) is 3.00. The molecular formula is C9H7F3O4S. The lowest BCUT2D eigenvalue weighted by atomic mass is 10.2. The Kier molecular flexibility index (Phi) is 3.89. The van der Waals surface area contributed by atoms with Crippen molar-refractivity contribution in [2.24, 2.45) is 0 Å². The lowest BCUT2D eigenvalue weighted by Crippen LogP contribution is -2.18. The second kappa shape index (κ2) is 4.84. The van der Waals surface area contributed by atoms with E-state index < -0.39 is 34.8 Å². The molecule has 4 nitrogen and oxygen atoms in total. The number of rotatable bonds is 3. The summed E-state index contributed by atoms with van der Waals surface area (Å²) in [6, 6.07) is 2.63. The normalized spacial score (nSPS) is 13.2. The highest BCUT2D eigenvalue weighted by Gasteiger charge is 2.32. The zero-order chi connectivity index (χ0) is 13.2. The van der Waals surface area contributed by atoms with Crippen molar-refractivity contribution in [2.45, 2.75) is 11.3 Å². The van der Waals surface area contributed by atoms with Crippen LogP contribution in [-0.2, 0) is 11.2 Å². The van der Waals surface area contributed by atoms with Crippen molar-refractivity contribution in [3.63, 3.8) is 0 Å². The molecule has 0 bridgehead atoms. The van der Waals surface area contributed by atoms with Crippen LogP contribution in [0.1, 0.15) is 10.4 Å². The van der Waals surface area contributed by atoms with E-state index in [9.17, 15) is 22.5 Å². The third-order valence-corrected chi connectivity index (χ3v) is 2.59. The average Bonchev–Trinajstić information content (AvgIpc) is 2.14. The van der Waals surface area contributed by atoms with Gasteiger partial charge in [-0.05, 0) is 17.2 Å². The van der Waals surface area contributed by atoms with Gasteiger partial charge in [0.15, 0.2) is 4.90 Å². The fourth-order valence-electron chi connectivity index (χ4n) is 1.05. The van der Waals surface area contributed by atoms with E-state index in [0.717, 1.165) is 12.1 Å². The Balaban J connectivity index is 3.17. The summed E-state index contributed by atoms with van der Waals surface area (Å²) >= 11 is -1.61. The fraction of sp³-hybridized carbons (Fsp3) is 0.222. The van der Waals surface area contributed by atoms with E-state index >= 15 is 0 Å². The van der Waals surface area contributed by atoms with Crippen molar-refractivity contribution in [3.05, 3.63) is 23.8 Å². The molecule has 0 heterocycles. The minimum absolute atomic E-state index is 0.0517. The van der Waals surface area contributed by atoms with Gasteiger partial charge >= 0.3 is 12.3 Å². The monoisotopic (exact) mass is 268 g/mol. The summed E-state index contributed by atoms with van der Waals surface area (Å²) in [6.45, 7) is 0. The molecule has 0 aliphatic rings. The molecule has 0 amide bonds. The largest absolute Gasteiger partial charge is 0.612 e. The molecule has 0 aliphatic heterocycles. The lowest BCUT2D eigenvalue weighted by Gasteiger charge is -2.11. The fourth-order valence-corrected chi connectivity index (χ4v) is 1.63. The molecule has 0 radical (unpaired) electrons. The quantitative estimate of drug-likeness (QED) is 0.851. The van der Waals surface area contributed by atoms with E-state index in [1.54, 1.807) is 0 Å². The highest BCUT2D eigenvalue weighted by Crippen LogP contribution is 2.26. The van der Waals surface area contributed by atoms with Gasteiger partial charge in [0.05, 0.1) is 5.56 Å². The Morgan fingerprint density at radius 3 is 2.41 bits per heavy atom. The van der Waals surface area contributed by atoms with Crippen molar-refractivity contribution in [3.8, 4) is 5.75 Å². The topological polar surface area (TPSA) is 69.6 Å². The van der Waals surface area contributed by atoms with Crippen molar-refractivity contribution in [2.75, 3.05) is 6.26 Å². The summed E-state index contributed by atoms with van der Waals surface area (Å²) in [5.41, 5.74) is -0.419. The molecule has 1 unspecified atom stereocenters. The zero-order valence-electron chi connectivity index (χ0n) is 8.45. The van der Waals surface area contributed by atoms with Gasteiger partial charge in [0.25, 0.3) is 0 Å². The molecule has 94 valence electrons. The first kappa shape index (κ1) is 13.7. The van der Waals surface area contributed by atoms with Gasteiger partial charge in [-0.3, -0.25) is 0 Å². The average molecular weight is 268 g/mol. The maximum atomic E-state index is 12.0. The first-order chi connectivity index (χ1) is 7.69. The molecule has 0 spiro atoms. The summed E-state index contributed by atoms with van der Waals surface area (Å²) in [5.74, 6) is -2.13. The molecule has 1 N–H and O–H groups in total. The summed E-state index contributed by atoms with van der Waals surface area (Å²) in [6.07, 6.45) is -3.71. The molecule has 8 heteroatoms. The van der Waals surface area contributed by atoms with Crippen LogP contribution in [0.3, 0.4) is 0 Å². The number of carboxylic acid groups (broad SMARTS) is 1. The van der Waals surface area contributed by atoms with Gasteiger partial charge in [-0.2, -0.15) is 0 Å². The Hall–Kier alpha value is -1.41. The summed E-state index contributed by atoms with van der Waals surface area (Å²) in [4.78, 5) is 10.6. The highest BCUT2D eigenvalue weighted by molar-refractivity contribution is 7.90. The molecule has 0 saturated carbocycles. The van der Waals surface area contributed by atoms with E-state index in [1.165, 1.54) is 6.26 Å². The Bertz CT molecular complexity index is 431. The predicted molar refractivity (Wildman–Crippen MR) is 52.4 cm³/mol. The molecule has 0 fully saturated rings. The number of aromatic carboxylic acids is 1. The van der Waals surface area contributed by atoms with Crippen LogP contribution in [0, 0.1) is 0 Å². The third kappa shape index (κ3) is 4.16. The van der Waals surface area contributed by atoms with E-state index in [-0.39, 0.29) is 4.90 Å². The molecular weight excluding hydrogens is 261 g/mol. The lowest BCUT2D eigenvalue weighted by molar-refractivity contribution is -0.274. The van der Waals surface area contributed by atoms with E-state index in [2.05, 4.69) is 4.74 Å². The summed E-state index contributed by atoms with van der Waals surface area (Å²) < 4.78 is 50.6. The van der Waals surface area contributed by atoms with Crippen molar-refractivity contribution in [1.82, 2.24) is 0 Å². The van der Waals surface area contributed by atoms with Crippen LogP contribution < -0.4 is 4.74 Å². The van der Waals surface area contributed by atoms with Crippen LogP contribution in [0.25, 0.3) is 0 Å². The molecule has 1 aromatic rings. The molecule has 0 aliphatic carbocycles. The van der Waals surface area contributed by atoms with Gasteiger partial charge in [0, 0.05) is 12.1 Å². The molecule has 1 atom stereocenters. The van der Waals surface area contributed by atoms with E-state index in [1.807, 2.05) is 0 Å². The van der Waals surface area contributed by atoms with Crippen LogP contribution in [0.15, 0.2) is 23.1 Å². The van der Waals surface area contributed by atoms with Crippen molar-refractivity contribution >= 4 is 17.1 Å². The van der Waals surface area contributed by atoms with Crippen molar-refractivity contribution in [1.29, 1.82) is 0 Å². The maximum Gasteiger partial charge on any atom is 0.573 e. The number of benzene rings is 1. The Morgan fingerprint density at radius 2 is 2.00 bits per heavy atom. The standard InChI is InChI=1S/C9H7F3O4S/c1-17(15)7-3-5(8(13)14)2-6(4-7)16-9(10,11)12/h2-4H,1H3,(H,13,14). The smallest absolute Gasteiger partial charge is 0.573 e. The first-order valence-corrected chi connectivity index (χ1v) is 5.72. The molecule has 1 rings (SSSR count). The highest BCUT2D eigenvalue weighted by atomic mass is 32.2. The minimum atomic E-state index is -4.93. The van der Waals surface area contributed by atoms with Crippen LogP contribution in [0.2, 0.25) is 0 Å². The Morgan fingerprint density at radius 1 is 1.41 bits per heavy atom. The van der Waals surface area contributed by atoms with Crippen molar-refractivity contribution < 1.29 is 32.4 Å². The summed E-state index contributed by atoms with van der Waals surface area (Å²) in [5, 5.41) is 8.68. The van der Waals surface area contributed by atoms with Gasteiger partial charge in [0.2, 0.25) is 0 Å². The van der Waals surface area contributed by atoms with Gasteiger partial charge in [-0.25, -0.2) is 4.79 Å². The second-order valence-corrected chi connectivity index (χ2v) is 4.38. The molecule has 1 aromatic carbocycles. The van der Waals surface area contributed by atoms with Gasteiger partial charge in [-0.1, -0.05) is 0 Å². The number of ether oxygens (including phenoxy) is 1. The van der Waals surface area contributed by atoms with Crippen LogP contribution in [-0.4, -0.2) is 28.2 Å². The Labute approximate surface area is 97.2 Å². The van der Waals surface area contributed by atoms with E-state index in [0.29, 0.717) is 6.07 Å². The van der Waals surface area contributed by atoms with E-state index in [4.69, 9.17) is 5.11 Å². The van der Waals surface area contributed by atoms with Gasteiger partial charge < -0.3 is 14.4 Å². The van der Waals surface area contributed by atoms with Crippen LogP contribution >= 0.6 is 0 Å². The number of carbonyl (C=O) groups is 1. The maximum absolute atomic E-state index is 12.0. The molecule has 0 aromatic heterocycles. The number of alkyl halides is 3.